The van der Waals surface area contributed by atoms with E-state index >= 15 is 0 Å². The number of amides is 1. The standard InChI is InChI=1S/C14H13N3OS/c18-14-11-5-3-7-15-13(11)16-9-17(14)8-10-4-1-2-6-12(10)19/h1-7,19H,8-9H2,(H,15,16). The highest BCUT2D eigenvalue weighted by Crippen LogP contribution is 2.22. The molecule has 1 amide bonds. The fraction of sp³-hybridized carbons (Fsp3) is 0.143. The molecule has 96 valence electrons. The molecular formula is C14H13N3OS. The third kappa shape index (κ3) is 2.29. The maximum atomic E-state index is 12.4. The van der Waals surface area contributed by atoms with Gasteiger partial charge in [0.05, 0.1) is 12.2 Å². The number of aromatic nitrogens is 1. The number of nitrogens with one attached hydrogen (secondary N) is 1. The summed E-state index contributed by atoms with van der Waals surface area (Å²) in [5.41, 5.74) is 1.65. The van der Waals surface area contributed by atoms with Gasteiger partial charge >= 0.3 is 0 Å². The van der Waals surface area contributed by atoms with E-state index in [2.05, 4.69) is 22.9 Å². The maximum absolute atomic E-state index is 12.4. The number of hydrogen-bond acceptors (Lipinski definition) is 4. The second-order valence-electron chi connectivity index (χ2n) is 4.37. The summed E-state index contributed by atoms with van der Waals surface area (Å²) in [5, 5.41) is 3.15. The molecule has 0 saturated heterocycles. The van der Waals surface area contributed by atoms with Crippen LogP contribution in [-0.2, 0) is 6.54 Å². The molecule has 3 rings (SSSR count). The number of hydrogen-bond donors (Lipinski definition) is 2. The van der Waals surface area contributed by atoms with E-state index in [0.717, 1.165) is 10.5 Å². The van der Waals surface area contributed by atoms with Crippen molar-refractivity contribution in [1.29, 1.82) is 0 Å². The average molecular weight is 271 g/mol. The van der Waals surface area contributed by atoms with E-state index in [-0.39, 0.29) is 5.91 Å². The highest BCUT2D eigenvalue weighted by atomic mass is 32.1. The molecule has 0 unspecified atom stereocenters. The zero-order valence-corrected chi connectivity index (χ0v) is 11.1. The quantitative estimate of drug-likeness (QED) is 0.824. The molecular weight excluding hydrogens is 258 g/mol. The Balaban J connectivity index is 1.85. The number of thiol groups is 1. The molecule has 4 nitrogen and oxygen atoms in total. The molecule has 0 bridgehead atoms. The van der Waals surface area contributed by atoms with E-state index in [4.69, 9.17) is 0 Å². The van der Waals surface area contributed by atoms with Crippen LogP contribution in [0.1, 0.15) is 15.9 Å². The van der Waals surface area contributed by atoms with Crippen molar-refractivity contribution < 1.29 is 4.79 Å². The number of fused-ring (bicyclic) bond motifs is 1. The Morgan fingerprint density at radius 1 is 1.26 bits per heavy atom. The van der Waals surface area contributed by atoms with E-state index in [1.165, 1.54) is 0 Å². The molecule has 0 spiro atoms. The van der Waals surface area contributed by atoms with Crippen LogP contribution in [0.5, 0.6) is 0 Å². The molecule has 1 aromatic carbocycles. The summed E-state index contributed by atoms with van der Waals surface area (Å²) in [5.74, 6) is 0.654. The van der Waals surface area contributed by atoms with Crippen LogP contribution in [0.15, 0.2) is 47.5 Å². The average Bonchev–Trinajstić information content (AvgIpc) is 2.44. The Kier molecular flexibility index (Phi) is 3.13. The van der Waals surface area contributed by atoms with E-state index in [9.17, 15) is 4.79 Å². The first-order valence-corrected chi connectivity index (χ1v) is 6.45. The molecule has 1 N–H and O–H groups in total. The number of nitrogens with zero attached hydrogens (tertiary/aromatic N) is 2. The lowest BCUT2D eigenvalue weighted by Gasteiger charge is -2.29. The molecule has 1 aromatic heterocycles. The Labute approximate surface area is 116 Å². The van der Waals surface area contributed by atoms with Gasteiger partial charge in [-0.3, -0.25) is 4.79 Å². The van der Waals surface area contributed by atoms with Gasteiger partial charge in [-0.1, -0.05) is 18.2 Å². The number of carbonyl (C=O) groups is 1. The predicted octanol–water partition coefficient (Wildman–Crippen LogP) is 2.40. The third-order valence-corrected chi connectivity index (χ3v) is 3.55. The maximum Gasteiger partial charge on any atom is 0.259 e. The molecule has 1 aliphatic heterocycles. The molecule has 2 heterocycles. The number of anilines is 1. The van der Waals surface area contributed by atoms with E-state index in [0.29, 0.717) is 24.6 Å². The first-order chi connectivity index (χ1) is 9.25. The van der Waals surface area contributed by atoms with Gasteiger partial charge in [-0.05, 0) is 23.8 Å². The lowest BCUT2D eigenvalue weighted by Crippen LogP contribution is -2.39. The highest BCUT2D eigenvalue weighted by Gasteiger charge is 2.24. The van der Waals surface area contributed by atoms with Crippen molar-refractivity contribution in [3.05, 3.63) is 53.7 Å². The lowest BCUT2D eigenvalue weighted by molar-refractivity contribution is 0.0744. The zero-order valence-electron chi connectivity index (χ0n) is 10.2. The second kappa shape index (κ2) is 4.93. The van der Waals surface area contributed by atoms with Crippen LogP contribution in [-0.4, -0.2) is 22.5 Å². The molecule has 0 fully saturated rings. The van der Waals surface area contributed by atoms with Gasteiger partial charge in [-0.15, -0.1) is 12.6 Å². The topological polar surface area (TPSA) is 45.2 Å². The van der Waals surface area contributed by atoms with Crippen molar-refractivity contribution in [3.63, 3.8) is 0 Å². The smallest absolute Gasteiger partial charge is 0.259 e. The second-order valence-corrected chi connectivity index (χ2v) is 4.85. The van der Waals surface area contributed by atoms with E-state index in [1.807, 2.05) is 24.3 Å². The van der Waals surface area contributed by atoms with Crippen LogP contribution < -0.4 is 5.32 Å². The molecule has 5 heteroatoms. The van der Waals surface area contributed by atoms with Crippen LogP contribution in [0.25, 0.3) is 0 Å². The van der Waals surface area contributed by atoms with Crippen molar-refractivity contribution >= 4 is 24.4 Å². The van der Waals surface area contributed by atoms with Crippen LogP contribution >= 0.6 is 12.6 Å². The zero-order chi connectivity index (χ0) is 13.2. The Morgan fingerprint density at radius 2 is 2.11 bits per heavy atom. The predicted molar refractivity (Wildman–Crippen MR) is 76.3 cm³/mol. The van der Waals surface area contributed by atoms with Gasteiger partial charge in [0.25, 0.3) is 5.91 Å². The molecule has 2 aromatic rings. The third-order valence-electron chi connectivity index (χ3n) is 3.12. The van der Waals surface area contributed by atoms with Gasteiger partial charge in [-0.2, -0.15) is 0 Å². The summed E-state index contributed by atoms with van der Waals surface area (Å²) < 4.78 is 0. The van der Waals surface area contributed by atoms with Gasteiger partial charge in [0, 0.05) is 17.6 Å². The van der Waals surface area contributed by atoms with Gasteiger partial charge in [0.1, 0.15) is 5.82 Å². The molecule has 19 heavy (non-hydrogen) atoms. The summed E-state index contributed by atoms with van der Waals surface area (Å²) in [6.07, 6.45) is 1.68. The van der Waals surface area contributed by atoms with Crippen LogP contribution in [0, 0.1) is 0 Å². The van der Waals surface area contributed by atoms with Gasteiger partial charge in [-0.25, -0.2) is 4.98 Å². The van der Waals surface area contributed by atoms with Crippen molar-refractivity contribution in [1.82, 2.24) is 9.88 Å². The SMILES string of the molecule is O=C1c2cccnc2NCN1Cc1ccccc1S. The fourth-order valence-corrected chi connectivity index (χ4v) is 2.34. The number of benzene rings is 1. The van der Waals surface area contributed by atoms with Gasteiger partial charge in [0.2, 0.25) is 0 Å². The lowest BCUT2D eigenvalue weighted by atomic mass is 10.1. The Bertz CT molecular complexity index is 630. The van der Waals surface area contributed by atoms with Gasteiger partial charge in [0.15, 0.2) is 0 Å². The Morgan fingerprint density at radius 3 is 2.95 bits per heavy atom. The fourth-order valence-electron chi connectivity index (χ4n) is 2.11. The summed E-state index contributed by atoms with van der Waals surface area (Å²) >= 11 is 4.41. The molecule has 0 aliphatic carbocycles. The Hall–Kier alpha value is -2.01. The minimum atomic E-state index is -0.00145. The molecule has 1 aliphatic rings. The van der Waals surface area contributed by atoms with Crippen molar-refractivity contribution in [2.75, 3.05) is 12.0 Å². The van der Waals surface area contributed by atoms with Crippen molar-refractivity contribution in [2.24, 2.45) is 0 Å². The van der Waals surface area contributed by atoms with Crippen LogP contribution in [0.4, 0.5) is 5.82 Å². The largest absolute Gasteiger partial charge is 0.352 e. The first kappa shape index (κ1) is 12.0. The highest BCUT2D eigenvalue weighted by molar-refractivity contribution is 7.80. The van der Waals surface area contributed by atoms with Crippen molar-refractivity contribution in [3.8, 4) is 0 Å². The summed E-state index contributed by atoms with van der Waals surface area (Å²) in [4.78, 5) is 19.2. The van der Waals surface area contributed by atoms with Crippen LogP contribution in [0.2, 0.25) is 0 Å². The van der Waals surface area contributed by atoms with Gasteiger partial charge < -0.3 is 10.2 Å². The minimum Gasteiger partial charge on any atom is -0.352 e. The van der Waals surface area contributed by atoms with Crippen LogP contribution in [0.3, 0.4) is 0 Å². The number of pyridine rings is 1. The molecule has 0 atom stereocenters. The normalized spacial score (nSPS) is 13.9. The number of carbonyl (C=O) groups excluding carboxylic acids is 1. The van der Waals surface area contributed by atoms with E-state index < -0.39 is 0 Å². The monoisotopic (exact) mass is 271 g/mol. The minimum absolute atomic E-state index is 0.00145. The summed E-state index contributed by atoms with van der Waals surface area (Å²) in [6.45, 7) is 1.00. The summed E-state index contributed by atoms with van der Waals surface area (Å²) in [7, 11) is 0. The number of rotatable bonds is 2. The first-order valence-electron chi connectivity index (χ1n) is 6.01. The summed E-state index contributed by atoms with van der Waals surface area (Å²) in [6, 6.07) is 11.4. The van der Waals surface area contributed by atoms with Crippen molar-refractivity contribution in [2.45, 2.75) is 11.4 Å². The molecule has 0 saturated carbocycles. The molecule has 0 radical (unpaired) electrons. The van der Waals surface area contributed by atoms with E-state index in [1.54, 1.807) is 23.2 Å².